The van der Waals surface area contributed by atoms with E-state index in [1.165, 1.54) is 31.7 Å². The summed E-state index contributed by atoms with van der Waals surface area (Å²) in [4.78, 5) is 14.7. The summed E-state index contributed by atoms with van der Waals surface area (Å²) in [6.45, 7) is 4.87. The number of nitro groups is 1. The van der Waals surface area contributed by atoms with Crippen molar-refractivity contribution in [3.8, 4) is 0 Å². The van der Waals surface area contributed by atoms with Crippen LogP contribution in [0, 0.1) is 28.9 Å². The van der Waals surface area contributed by atoms with E-state index < -0.39 is 0 Å². The van der Waals surface area contributed by atoms with Crippen LogP contribution in [0.2, 0.25) is 0 Å². The number of hydrogen-bond acceptors (Lipinski definition) is 4. The molecule has 1 aromatic rings. The van der Waals surface area contributed by atoms with E-state index >= 15 is 0 Å². The van der Waals surface area contributed by atoms with Crippen LogP contribution in [0.15, 0.2) is 12.3 Å². The lowest BCUT2D eigenvalue weighted by Crippen LogP contribution is -2.20. The molecular formula is C14H21N3O2. The summed E-state index contributed by atoms with van der Waals surface area (Å²) in [7, 11) is 0. The van der Waals surface area contributed by atoms with Crippen molar-refractivity contribution in [1.29, 1.82) is 0 Å². The van der Waals surface area contributed by atoms with E-state index in [0.29, 0.717) is 17.3 Å². The number of pyridine rings is 1. The smallest absolute Gasteiger partial charge is 0.277 e. The van der Waals surface area contributed by atoms with E-state index in [1.54, 1.807) is 13.1 Å². The second-order valence-electron chi connectivity index (χ2n) is 5.62. The van der Waals surface area contributed by atoms with Gasteiger partial charge < -0.3 is 5.32 Å². The average molecular weight is 263 g/mol. The normalized spacial score (nSPS) is 23.1. The van der Waals surface area contributed by atoms with Gasteiger partial charge in [-0.2, -0.15) is 0 Å². The molecule has 0 radical (unpaired) electrons. The van der Waals surface area contributed by atoms with E-state index in [4.69, 9.17) is 0 Å². The van der Waals surface area contributed by atoms with E-state index in [0.717, 1.165) is 12.5 Å². The van der Waals surface area contributed by atoms with Crippen LogP contribution in [-0.4, -0.2) is 16.5 Å². The summed E-state index contributed by atoms with van der Waals surface area (Å²) in [6.07, 6.45) is 6.61. The molecule has 19 heavy (non-hydrogen) atoms. The van der Waals surface area contributed by atoms with Gasteiger partial charge in [0, 0.05) is 18.3 Å². The van der Waals surface area contributed by atoms with Gasteiger partial charge in [-0.05, 0) is 31.6 Å². The zero-order valence-electron chi connectivity index (χ0n) is 11.6. The first-order chi connectivity index (χ1) is 9.06. The predicted octanol–water partition coefficient (Wildman–Crippen LogP) is 3.54. The maximum Gasteiger partial charge on any atom is 0.277 e. The SMILES string of the molecule is Cc1cnc(NCC2CCC(C)CC2)cc1[N+](=O)[O-]. The maximum atomic E-state index is 10.9. The molecule has 1 fully saturated rings. The number of aromatic nitrogens is 1. The molecule has 0 spiro atoms. The Labute approximate surface area is 113 Å². The molecular weight excluding hydrogens is 242 g/mol. The molecule has 1 heterocycles. The molecule has 1 N–H and O–H groups in total. The topological polar surface area (TPSA) is 68.1 Å². The van der Waals surface area contributed by atoms with Gasteiger partial charge >= 0.3 is 0 Å². The van der Waals surface area contributed by atoms with Crippen LogP contribution in [0.5, 0.6) is 0 Å². The van der Waals surface area contributed by atoms with Crippen molar-refractivity contribution in [3.05, 3.63) is 27.9 Å². The lowest BCUT2D eigenvalue weighted by molar-refractivity contribution is -0.385. The molecule has 2 rings (SSSR count). The lowest BCUT2D eigenvalue weighted by Gasteiger charge is -2.26. The van der Waals surface area contributed by atoms with Crippen LogP contribution in [0.25, 0.3) is 0 Å². The third-order valence-electron chi connectivity index (χ3n) is 3.98. The Morgan fingerprint density at radius 2 is 2.11 bits per heavy atom. The fourth-order valence-electron chi connectivity index (χ4n) is 2.59. The molecule has 5 heteroatoms. The van der Waals surface area contributed by atoms with Crippen molar-refractivity contribution >= 4 is 11.5 Å². The van der Waals surface area contributed by atoms with Crippen molar-refractivity contribution in [3.63, 3.8) is 0 Å². The Hall–Kier alpha value is -1.65. The van der Waals surface area contributed by atoms with Crippen molar-refractivity contribution < 1.29 is 4.92 Å². The molecule has 1 saturated carbocycles. The number of anilines is 1. The van der Waals surface area contributed by atoms with E-state index in [1.807, 2.05) is 0 Å². The van der Waals surface area contributed by atoms with E-state index in [9.17, 15) is 10.1 Å². The van der Waals surface area contributed by atoms with Crippen LogP contribution in [0.1, 0.15) is 38.2 Å². The number of nitrogens with one attached hydrogen (secondary N) is 1. The molecule has 0 bridgehead atoms. The Balaban J connectivity index is 1.92. The van der Waals surface area contributed by atoms with Crippen LogP contribution in [0.4, 0.5) is 11.5 Å². The highest BCUT2D eigenvalue weighted by atomic mass is 16.6. The Bertz CT molecular complexity index is 454. The van der Waals surface area contributed by atoms with Gasteiger partial charge in [-0.25, -0.2) is 4.98 Å². The molecule has 0 aromatic carbocycles. The van der Waals surface area contributed by atoms with Gasteiger partial charge in [0.1, 0.15) is 5.82 Å². The predicted molar refractivity (Wildman–Crippen MR) is 75.2 cm³/mol. The Morgan fingerprint density at radius 3 is 2.74 bits per heavy atom. The van der Waals surface area contributed by atoms with Gasteiger partial charge in [0.25, 0.3) is 5.69 Å². The van der Waals surface area contributed by atoms with Crippen LogP contribution in [0.3, 0.4) is 0 Å². The molecule has 104 valence electrons. The zero-order valence-corrected chi connectivity index (χ0v) is 11.6. The number of rotatable bonds is 4. The minimum atomic E-state index is -0.357. The molecule has 1 aromatic heterocycles. The first-order valence-electron chi connectivity index (χ1n) is 6.91. The number of aryl methyl sites for hydroxylation is 1. The minimum Gasteiger partial charge on any atom is -0.370 e. The summed E-state index contributed by atoms with van der Waals surface area (Å²) in [5, 5.41) is 14.1. The van der Waals surface area contributed by atoms with Gasteiger partial charge in [0.2, 0.25) is 0 Å². The molecule has 1 aliphatic rings. The van der Waals surface area contributed by atoms with Crippen LogP contribution in [-0.2, 0) is 0 Å². The van der Waals surface area contributed by atoms with Gasteiger partial charge in [-0.15, -0.1) is 0 Å². The summed E-state index contributed by atoms with van der Waals surface area (Å²) < 4.78 is 0. The van der Waals surface area contributed by atoms with E-state index in [2.05, 4.69) is 17.2 Å². The fraction of sp³-hybridized carbons (Fsp3) is 0.643. The van der Waals surface area contributed by atoms with Gasteiger partial charge in [0.15, 0.2) is 0 Å². The second-order valence-corrected chi connectivity index (χ2v) is 5.62. The molecule has 0 atom stereocenters. The highest BCUT2D eigenvalue weighted by Crippen LogP contribution is 2.28. The van der Waals surface area contributed by atoms with Crippen molar-refractivity contribution in [1.82, 2.24) is 4.98 Å². The summed E-state index contributed by atoms with van der Waals surface area (Å²) >= 11 is 0. The Kier molecular flexibility index (Phi) is 4.35. The van der Waals surface area contributed by atoms with Gasteiger partial charge in [-0.1, -0.05) is 19.8 Å². The highest BCUT2D eigenvalue weighted by molar-refractivity contribution is 5.48. The van der Waals surface area contributed by atoms with E-state index in [-0.39, 0.29) is 10.6 Å². The molecule has 0 unspecified atom stereocenters. The summed E-state index contributed by atoms with van der Waals surface area (Å²) in [5.74, 6) is 2.11. The van der Waals surface area contributed by atoms with Gasteiger partial charge in [-0.3, -0.25) is 10.1 Å². The fourth-order valence-corrected chi connectivity index (χ4v) is 2.59. The molecule has 5 nitrogen and oxygen atoms in total. The first-order valence-corrected chi connectivity index (χ1v) is 6.91. The average Bonchev–Trinajstić information content (AvgIpc) is 2.39. The third kappa shape index (κ3) is 3.66. The van der Waals surface area contributed by atoms with Crippen molar-refractivity contribution in [2.24, 2.45) is 11.8 Å². The molecule has 0 aliphatic heterocycles. The summed E-state index contributed by atoms with van der Waals surface area (Å²) in [5.41, 5.74) is 0.733. The molecule has 0 saturated heterocycles. The quantitative estimate of drug-likeness (QED) is 0.666. The zero-order chi connectivity index (χ0) is 13.8. The molecule has 1 aliphatic carbocycles. The van der Waals surface area contributed by atoms with Crippen molar-refractivity contribution in [2.75, 3.05) is 11.9 Å². The monoisotopic (exact) mass is 263 g/mol. The van der Waals surface area contributed by atoms with Gasteiger partial charge in [0.05, 0.1) is 11.0 Å². The second kappa shape index (κ2) is 5.99. The Morgan fingerprint density at radius 1 is 1.42 bits per heavy atom. The lowest BCUT2D eigenvalue weighted by atomic mass is 9.83. The summed E-state index contributed by atoms with van der Waals surface area (Å²) in [6, 6.07) is 1.53. The minimum absolute atomic E-state index is 0.134. The highest BCUT2D eigenvalue weighted by Gasteiger charge is 2.18. The standard InChI is InChI=1S/C14H21N3O2/c1-10-3-5-12(6-4-10)9-16-14-7-13(17(18)19)11(2)8-15-14/h7-8,10,12H,3-6,9H2,1-2H3,(H,15,16). The van der Waals surface area contributed by atoms with Crippen molar-refractivity contribution in [2.45, 2.75) is 39.5 Å². The largest absolute Gasteiger partial charge is 0.370 e. The first kappa shape index (κ1) is 13.8. The number of nitrogens with zero attached hydrogens (tertiary/aromatic N) is 2. The van der Waals surface area contributed by atoms with Crippen LogP contribution < -0.4 is 5.32 Å². The number of hydrogen-bond donors (Lipinski definition) is 1. The van der Waals surface area contributed by atoms with Crippen LogP contribution >= 0.6 is 0 Å². The maximum absolute atomic E-state index is 10.9. The third-order valence-corrected chi connectivity index (χ3v) is 3.98. The molecule has 0 amide bonds.